The van der Waals surface area contributed by atoms with Crippen molar-refractivity contribution in [1.82, 2.24) is 14.4 Å². The number of hydrogen-bond donors (Lipinski definition) is 1. The monoisotopic (exact) mass is 340 g/mol. The number of aromatic nitrogens is 3. The van der Waals surface area contributed by atoms with Gasteiger partial charge < -0.3 is 10.5 Å². The van der Waals surface area contributed by atoms with Gasteiger partial charge in [0.1, 0.15) is 6.61 Å². The van der Waals surface area contributed by atoms with E-state index in [1.165, 1.54) is 43.4 Å². The fourth-order valence-electron chi connectivity index (χ4n) is 4.00. The van der Waals surface area contributed by atoms with Gasteiger partial charge in [-0.1, -0.05) is 25.3 Å². The van der Waals surface area contributed by atoms with Crippen molar-refractivity contribution in [1.29, 1.82) is 0 Å². The fraction of sp³-hybridized carbons (Fsp3) is 0.526. The first-order chi connectivity index (χ1) is 12.2. The van der Waals surface area contributed by atoms with Crippen molar-refractivity contribution in [2.45, 2.75) is 50.9 Å². The zero-order chi connectivity index (χ0) is 17.2. The minimum absolute atomic E-state index is 0.0283. The lowest BCUT2D eigenvalue weighted by molar-refractivity contribution is -0.122. The van der Waals surface area contributed by atoms with Crippen molar-refractivity contribution in [3.8, 4) is 0 Å². The van der Waals surface area contributed by atoms with Crippen LogP contribution in [-0.4, -0.2) is 33.5 Å². The maximum atomic E-state index is 10.8. The Labute approximate surface area is 147 Å². The minimum Gasteiger partial charge on any atom is -0.371 e. The number of hydrogen-bond acceptors (Lipinski definition) is 4. The van der Waals surface area contributed by atoms with Crippen LogP contribution in [0.15, 0.2) is 18.5 Å². The van der Waals surface area contributed by atoms with E-state index in [2.05, 4.69) is 21.7 Å². The Kier molecular flexibility index (Phi) is 4.53. The molecule has 0 aromatic carbocycles. The number of imidazole rings is 1. The van der Waals surface area contributed by atoms with E-state index in [1.807, 2.05) is 6.20 Å². The Bertz CT molecular complexity index is 818. The van der Waals surface area contributed by atoms with Crippen molar-refractivity contribution in [2.75, 3.05) is 13.2 Å². The van der Waals surface area contributed by atoms with Gasteiger partial charge in [0.2, 0.25) is 5.91 Å². The van der Waals surface area contributed by atoms with Crippen molar-refractivity contribution in [3.63, 3.8) is 0 Å². The molecule has 0 atom stereocenters. The highest BCUT2D eigenvalue weighted by Crippen LogP contribution is 2.34. The van der Waals surface area contributed by atoms with Crippen LogP contribution in [0.4, 0.5) is 0 Å². The Morgan fingerprint density at radius 1 is 1.32 bits per heavy atom. The molecule has 6 nitrogen and oxygen atoms in total. The van der Waals surface area contributed by atoms with Gasteiger partial charge in [-0.3, -0.25) is 14.2 Å². The van der Waals surface area contributed by atoms with Crippen LogP contribution in [-0.2, 0) is 16.0 Å². The third kappa shape index (κ3) is 3.31. The van der Waals surface area contributed by atoms with E-state index in [0.717, 1.165) is 29.9 Å². The summed E-state index contributed by atoms with van der Waals surface area (Å²) in [4.78, 5) is 20.2. The average Bonchev–Trinajstić information content (AvgIpc) is 3.23. The second kappa shape index (κ2) is 6.96. The summed E-state index contributed by atoms with van der Waals surface area (Å²) < 4.78 is 7.52. The summed E-state index contributed by atoms with van der Waals surface area (Å²) in [5, 5.41) is 0. The zero-order valence-electron chi connectivity index (χ0n) is 14.4. The van der Waals surface area contributed by atoms with E-state index in [1.54, 1.807) is 0 Å². The second-order valence-corrected chi connectivity index (χ2v) is 6.98. The van der Waals surface area contributed by atoms with Crippen LogP contribution >= 0.6 is 0 Å². The summed E-state index contributed by atoms with van der Waals surface area (Å²) in [6.07, 6.45) is 14.3. The van der Waals surface area contributed by atoms with Crippen LogP contribution in [0.5, 0.6) is 0 Å². The van der Waals surface area contributed by atoms with Crippen LogP contribution in [0.3, 0.4) is 0 Å². The highest BCUT2D eigenvalue weighted by molar-refractivity contribution is 5.75. The number of carbonyl (C=O) groups excluding carboxylic acids is 1. The van der Waals surface area contributed by atoms with E-state index >= 15 is 0 Å². The topological polar surface area (TPSA) is 82.5 Å². The van der Waals surface area contributed by atoms with E-state index in [-0.39, 0.29) is 6.61 Å². The maximum Gasteiger partial charge on any atom is 0.243 e. The minimum atomic E-state index is -0.434. The molecule has 0 spiro atoms. The highest BCUT2D eigenvalue weighted by atomic mass is 16.5. The molecule has 2 aliphatic rings. The summed E-state index contributed by atoms with van der Waals surface area (Å²) in [7, 11) is 0. The van der Waals surface area contributed by atoms with Gasteiger partial charge in [0.15, 0.2) is 5.65 Å². The second-order valence-electron chi connectivity index (χ2n) is 6.98. The van der Waals surface area contributed by atoms with Crippen LogP contribution in [0.1, 0.15) is 61.5 Å². The molecule has 1 fully saturated rings. The molecule has 2 aromatic rings. The first-order valence-electron chi connectivity index (χ1n) is 9.14. The molecule has 6 heteroatoms. The third-order valence-corrected chi connectivity index (χ3v) is 5.23. The first-order valence-corrected chi connectivity index (χ1v) is 9.14. The summed E-state index contributed by atoms with van der Waals surface area (Å²) in [6.45, 7) is 0.453. The van der Waals surface area contributed by atoms with Gasteiger partial charge in [-0.2, -0.15) is 0 Å². The summed E-state index contributed by atoms with van der Waals surface area (Å²) in [5.74, 6) is 0.147. The van der Waals surface area contributed by atoms with Gasteiger partial charge in [0.25, 0.3) is 0 Å². The van der Waals surface area contributed by atoms with Gasteiger partial charge in [-0.15, -0.1) is 0 Å². The van der Waals surface area contributed by atoms with Crippen LogP contribution in [0, 0.1) is 0 Å². The standard InChI is InChI=1S/C19H24N4O2/c20-17(24)12-25-9-8-14-6-7-15-19(14)23-11-16(22-18(23)10-21-15)13-4-2-1-3-5-13/h6,10-11,13H,1-5,7-9,12H2,(H2,20,24). The molecule has 0 aliphatic heterocycles. The molecule has 4 rings (SSSR count). The van der Waals surface area contributed by atoms with Crippen LogP contribution in [0.2, 0.25) is 0 Å². The van der Waals surface area contributed by atoms with E-state index in [4.69, 9.17) is 15.5 Å². The molecular formula is C19H24N4O2. The number of carbonyl (C=O) groups is 1. The van der Waals surface area contributed by atoms with E-state index in [0.29, 0.717) is 12.5 Å². The Morgan fingerprint density at radius 3 is 2.96 bits per heavy atom. The molecule has 0 radical (unpaired) electrons. The van der Waals surface area contributed by atoms with Gasteiger partial charge in [-0.25, -0.2) is 4.98 Å². The van der Waals surface area contributed by atoms with Gasteiger partial charge >= 0.3 is 0 Å². The normalized spacial score (nSPS) is 17.7. The first kappa shape index (κ1) is 16.3. The number of rotatable bonds is 6. The molecular weight excluding hydrogens is 316 g/mol. The van der Waals surface area contributed by atoms with Crippen LogP contribution < -0.4 is 5.73 Å². The van der Waals surface area contributed by atoms with E-state index < -0.39 is 5.91 Å². The largest absolute Gasteiger partial charge is 0.371 e. The third-order valence-electron chi connectivity index (χ3n) is 5.23. The molecule has 132 valence electrons. The number of amides is 1. The number of ether oxygens (including phenoxy) is 1. The quantitative estimate of drug-likeness (QED) is 0.820. The molecule has 2 heterocycles. The molecule has 0 bridgehead atoms. The summed E-state index contributed by atoms with van der Waals surface area (Å²) in [5.41, 5.74) is 10.7. The lowest BCUT2D eigenvalue weighted by Gasteiger charge is -2.19. The van der Waals surface area contributed by atoms with Crippen LogP contribution in [0.25, 0.3) is 11.2 Å². The molecule has 2 aliphatic carbocycles. The number of allylic oxidation sites excluding steroid dienone is 1. The molecule has 1 saturated carbocycles. The van der Waals surface area contributed by atoms with Crippen molar-refractivity contribution in [2.24, 2.45) is 5.73 Å². The average molecular weight is 340 g/mol. The molecule has 25 heavy (non-hydrogen) atoms. The van der Waals surface area contributed by atoms with Crippen molar-refractivity contribution in [3.05, 3.63) is 35.6 Å². The van der Waals surface area contributed by atoms with E-state index in [9.17, 15) is 4.79 Å². The molecule has 2 aromatic heterocycles. The fourth-order valence-corrected chi connectivity index (χ4v) is 4.00. The summed E-state index contributed by atoms with van der Waals surface area (Å²) in [6, 6.07) is 0. The SMILES string of the molecule is NC(=O)COCCC1=CCc2ncc3nc(C4CCCCC4)cn3c21. The number of nitrogens with zero attached hydrogens (tertiary/aromatic N) is 3. The Morgan fingerprint density at radius 2 is 2.16 bits per heavy atom. The van der Waals surface area contributed by atoms with Gasteiger partial charge in [0.05, 0.1) is 29.9 Å². The number of nitrogens with two attached hydrogens (primary N) is 1. The van der Waals surface area contributed by atoms with Crippen molar-refractivity contribution < 1.29 is 9.53 Å². The molecule has 2 N–H and O–H groups in total. The molecule has 0 unspecified atom stereocenters. The predicted molar refractivity (Wildman–Crippen MR) is 95.1 cm³/mol. The highest BCUT2D eigenvalue weighted by Gasteiger charge is 2.23. The number of primary amides is 1. The van der Waals surface area contributed by atoms with Gasteiger partial charge in [0, 0.05) is 18.5 Å². The number of fused-ring (bicyclic) bond motifs is 3. The summed E-state index contributed by atoms with van der Waals surface area (Å²) >= 11 is 0. The maximum absolute atomic E-state index is 10.8. The molecule has 0 saturated heterocycles. The Hall–Kier alpha value is -2.21. The molecule has 1 amide bonds. The van der Waals surface area contributed by atoms with Crippen molar-refractivity contribution >= 4 is 17.1 Å². The Balaban J connectivity index is 1.57. The zero-order valence-corrected chi connectivity index (χ0v) is 14.4. The lowest BCUT2D eigenvalue weighted by Crippen LogP contribution is -2.18. The smallest absolute Gasteiger partial charge is 0.243 e. The van der Waals surface area contributed by atoms with Gasteiger partial charge in [-0.05, 0) is 24.8 Å². The predicted octanol–water partition coefficient (Wildman–Crippen LogP) is 2.61. The lowest BCUT2D eigenvalue weighted by atomic mass is 9.87.